The van der Waals surface area contributed by atoms with Gasteiger partial charge in [0.05, 0.1) is 5.56 Å². The molecule has 2 aromatic carbocycles. The van der Waals surface area contributed by atoms with Crippen molar-refractivity contribution in [2.45, 2.75) is 84.3 Å². The second-order valence-electron chi connectivity index (χ2n) is 10.5. The van der Waals surface area contributed by atoms with Crippen molar-refractivity contribution in [1.29, 1.82) is 0 Å². The minimum absolute atomic E-state index is 0.0333. The van der Waals surface area contributed by atoms with E-state index >= 15 is 0 Å². The first-order chi connectivity index (χ1) is 15.7. The summed E-state index contributed by atoms with van der Waals surface area (Å²) >= 11 is 0. The Labute approximate surface area is 198 Å². The first kappa shape index (κ1) is 23.4. The molecule has 0 unspecified atom stereocenters. The van der Waals surface area contributed by atoms with Crippen molar-refractivity contribution in [3.8, 4) is 22.8 Å². The Kier molecular flexibility index (Phi) is 6.56. The molecule has 0 bridgehead atoms. The van der Waals surface area contributed by atoms with Gasteiger partial charge in [-0.1, -0.05) is 76.8 Å². The van der Waals surface area contributed by atoms with Crippen LogP contribution in [0.3, 0.4) is 0 Å². The third kappa shape index (κ3) is 4.95. The van der Waals surface area contributed by atoms with E-state index in [1.165, 1.54) is 31.2 Å². The smallest absolute Gasteiger partial charge is 0.134 e. The van der Waals surface area contributed by atoms with Crippen molar-refractivity contribution in [3.05, 3.63) is 65.4 Å². The summed E-state index contributed by atoms with van der Waals surface area (Å²) in [5, 5.41) is 4.82. The predicted octanol–water partition coefficient (Wildman–Crippen LogP) is 7.54. The summed E-state index contributed by atoms with van der Waals surface area (Å²) in [5.41, 5.74) is 5.01. The van der Waals surface area contributed by atoms with Gasteiger partial charge in [-0.25, -0.2) is 0 Å². The number of hydrogen-bond donors (Lipinski definition) is 0. The van der Waals surface area contributed by atoms with Gasteiger partial charge in [-0.3, -0.25) is 4.68 Å². The highest BCUT2D eigenvalue weighted by Crippen LogP contribution is 2.50. The number of benzene rings is 2. The number of unbranched alkanes of at least 4 members (excludes halogenated alkanes) is 3. The molecule has 0 radical (unpaired) electrons. The molecular weight excluding hydrogens is 408 g/mol. The Balaban J connectivity index is 1.75. The molecule has 1 aliphatic rings. The van der Waals surface area contributed by atoms with Crippen LogP contribution in [0.1, 0.15) is 83.4 Å². The molecule has 4 heteroatoms. The molecule has 2 heterocycles. The standard InChI is InChI=1S/C29H38N2O2/c1-7-8-9-13-16-28(2,3)22-17-24(32-20-21-14-11-10-12-15-21)26-25(18-22)33-29(4,5)23-19-31(6)30-27(23)26/h10-12,14-15,17-19H,7-9,13,16,20H2,1-6H3. The maximum Gasteiger partial charge on any atom is 0.134 e. The number of aromatic nitrogens is 2. The molecule has 0 fully saturated rings. The monoisotopic (exact) mass is 446 g/mol. The molecule has 1 aromatic heterocycles. The number of fused-ring (bicyclic) bond motifs is 3. The normalized spacial score (nSPS) is 14.4. The SMILES string of the molecule is CCCCCCC(C)(C)c1cc(OCc2ccccc2)c2c(c1)OC(C)(C)c1cn(C)nc1-2. The maximum absolute atomic E-state index is 6.60. The number of rotatable bonds is 9. The highest BCUT2D eigenvalue weighted by molar-refractivity contribution is 5.79. The molecule has 176 valence electrons. The van der Waals surface area contributed by atoms with Gasteiger partial charge in [-0.15, -0.1) is 0 Å². The van der Waals surface area contributed by atoms with E-state index in [1.54, 1.807) is 0 Å². The zero-order valence-corrected chi connectivity index (χ0v) is 21.1. The molecule has 0 amide bonds. The summed E-state index contributed by atoms with van der Waals surface area (Å²) < 4.78 is 14.9. The van der Waals surface area contributed by atoms with E-state index in [-0.39, 0.29) is 5.41 Å². The Morgan fingerprint density at radius 3 is 2.55 bits per heavy atom. The third-order valence-electron chi connectivity index (χ3n) is 6.82. The predicted molar refractivity (Wildman–Crippen MR) is 135 cm³/mol. The van der Waals surface area contributed by atoms with Gasteiger partial charge in [-0.05, 0) is 48.9 Å². The molecule has 0 saturated heterocycles. The second-order valence-corrected chi connectivity index (χ2v) is 10.5. The highest BCUT2D eigenvalue weighted by Gasteiger charge is 2.38. The van der Waals surface area contributed by atoms with Crippen molar-refractivity contribution in [2.75, 3.05) is 0 Å². The van der Waals surface area contributed by atoms with Crippen LogP contribution in [0, 0.1) is 0 Å². The van der Waals surface area contributed by atoms with Gasteiger partial charge in [0.1, 0.15) is 29.4 Å². The van der Waals surface area contributed by atoms with Crippen molar-refractivity contribution in [2.24, 2.45) is 7.05 Å². The van der Waals surface area contributed by atoms with Gasteiger partial charge in [0.15, 0.2) is 0 Å². The average molecular weight is 447 g/mol. The van der Waals surface area contributed by atoms with Crippen LogP contribution in [-0.4, -0.2) is 9.78 Å². The molecule has 0 spiro atoms. The summed E-state index contributed by atoms with van der Waals surface area (Å²) in [5.74, 6) is 1.72. The summed E-state index contributed by atoms with van der Waals surface area (Å²) in [6, 6.07) is 14.8. The van der Waals surface area contributed by atoms with Crippen LogP contribution in [0.25, 0.3) is 11.3 Å². The fourth-order valence-corrected chi connectivity index (χ4v) is 4.73. The number of hydrogen-bond acceptors (Lipinski definition) is 3. The third-order valence-corrected chi connectivity index (χ3v) is 6.82. The largest absolute Gasteiger partial charge is 0.488 e. The summed E-state index contributed by atoms with van der Waals surface area (Å²) in [6.07, 6.45) is 8.27. The Morgan fingerprint density at radius 2 is 1.82 bits per heavy atom. The molecule has 0 atom stereocenters. The molecule has 4 rings (SSSR count). The van der Waals surface area contributed by atoms with Crippen LogP contribution < -0.4 is 9.47 Å². The van der Waals surface area contributed by atoms with Crippen LogP contribution in [0.5, 0.6) is 11.5 Å². The second kappa shape index (κ2) is 9.24. The van der Waals surface area contributed by atoms with Gasteiger partial charge < -0.3 is 9.47 Å². The molecule has 0 saturated carbocycles. The molecular formula is C29H38N2O2. The lowest BCUT2D eigenvalue weighted by Crippen LogP contribution is -2.29. The average Bonchev–Trinajstić information content (AvgIpc) is 3.18. The fraction of sp³-hybridized carbons (Fsp3) is 0.483. The van der Waals surface area contributed by atoms with Crippen LogP contribution >= 0.6 is 0 Å². The molecule has 33 heavy (non-hydrogen) atoms. The Morgan fingerprint density at radius 1 is 1.06 bits per heavy atom. The van der Waals surface area contributed by atoms with E-state index < -0.39 is 5.60 Å². The van der Waals surface area contributed by atoms with E-state index in [1.807, 2.05) is 29.9 Å². The first-order valence-corrected chi connectivity index (χ1v) is 12.3. The van der Waals surface area contributed by atoms with E-state index in [2.05, 4.69) is 65.1 Å². The maximum atomic E-state index is 6.60. The van der Waals surface area contributed by atoms with Crippen molar-refractivity contribution in [3.63, 3.8) is 0 Å². The summed E-state index contributed by atoms with van der Waals surface area (Å²) in [6.45, 7) is 11.7. The van der Waals surface area contributed by atoms with E-state index in [0.717, 1.165) is 40.3 Å². The molecule has 3 aromatic rings. The lowest BCUT2D eigenvalue weighted by atomic mass is 9.78. The number of aryl methyl sites for hydroxylation is 1. The molecule has 0 aliphatic carbocycles. The van der Waals surface area contributed by atoms with Gasteiger partial charge in [0.2, 0.25) is 0 Å². The lowest BCUT2D eigenvalue weighted by Gasteiger charge is -2.35. The first-order valence-electron chi connectivity index (χ1n) is 12.3. The van der Waals surface area contributed by atoms with Crippen LogP contribution in [0.2, 0.25) is 0 Å². The topological polar surface area (TPSA) is 36.3 Å². The number of nitrogens with zero attached hydrogens (tertiary/aromatic N) is 2. The summed E-state index contributed by atoms with van der Waals surface area (Å²) in [4.78, 5) is 0. The molecule has 4 nitrogen and oxygen atoms in total. The lowest BCUT2D eigenvalue weighted by molar-refractivity contribution is 0.104. The van der Waals surface area contributed by atoms with Crippen molar-refractivity contribution >= 4 is 0 Å². The van der Waals surface area contributed by atoms with Crippen molar-refractivity contribution in [1.82, 2.24) is 9.78 Å². The minimum atomic E-state index is -0.447. The van der Waals surface area contributed by atoms with Crippen LogP contribution in [-0.2, 0) is 24.7 Å². The van der Waals surface area contributed by atoms with Gasteiger partial charge in [0, 0.05) is 18.8 Å². The quantitative estimate of drug-likeness (QED) is 0.319. The number of ether oxygens (including phenoxy) is 2. The Hall–Kier alpha value is -2.75. The molecule has 1 aliphatic heterocycles. The minimum Gasteiger partial charge on any atom is -0.488 e. The van der Waals surface area contributed by atoms with Gasteiger partial charge in [-0.2, -0.15) is 5.10 Å². The van der Waals surface area contributed by atoms with Gasteiger partial charge in [0.25, 0.3) is 0 Å². The zero-order chi connectivity index (χ0) is 23.6. The van der Waals surface area contributed by atoms with E-state index in [9.17, 15) is 0 Å². The Bertz CT molecular complexity index is 1100. The highest BCUT2D eigenvalue weighted by atomic mass is 16.5. The van der Waals surface area contributed by atoms with E-state index in [0.29, 0.717) is 6.61 Å². The fourth-order valence-electron chi connectivity index (χ4n) is 4.73. The van der Waals surface area contributed by atoms with E-state index in [4.69, 9.17) is 14.6 Å². The van der Waals surface area contributed by atoms with Crippen molar-refractivity contribution < 1.29 is 9.47 Å². The van der Waals surface area contributed by atoms with Crippen LogP contribution in [0.4, 0.5) is 0 Å². The summed E-state index contributed by atoms with van der Waals surface area (Å²) in [7, 11) is 1.96. The zero-order valence-electron chi connectivity index (χ0n) is 21.1. The van der Waals surface area contributed by atoms with Gasteiger partial charge >= 0.3 is 0 Å². The molecule has 0 N–H and O–H groups in total. The van der Waals surface area contributed by atoms with Crippen LogP contribution in [0.15, 0.2) is 48.7 Å².